The Hall–Kier alpha value is -1.10. The molecule has 5 nitrogen and oxygen atoms in total. The van der Waals surface area contributed by atoms with Gasteiger partial charge in [-0.2, -0.15) is 0 Å². The van der Waals surface area contributed by atoms with Crippen molar-refractivity contribution in [1.29, 1.82) is 0 Å². The minimum absolute atomic E-state index is 0.482. The van der Waals surface area contributed by atoms with Crippen molar-refractivity contribution in [3.63, 3.8) is 0 Å². The molecular formula is C13H25NO4. The van der Waals surface area contributed by atoms with Gasteiger partial charge in [-0.1, -0.05) is 52.4 Å². The van der Waals surface area contributed by atoms with E-state index in [2.05, 4.69) is 6.92 Å². The van der Waals surface area contributed by atoms with Crippen LogP contribution in [0.25, 0.3) is 0 Å². The topological polar surface area (TPSA) is 86.6 Å². The first-order valence-corrected chi connectivity index (χ1v) is 6.71. The van der Waals surface area contributed by atoms with E-state index < -0.39 is 23.7 Å². The third-order valence-corrected chi connectivity index (χ3v) is 3.31. The first kappa shape index (κ1) is 16.9. The molecule has 0 aliphatic heterocycles. The lowest BCUT2D eigenvalue weighted by molar-refractivity contribution is -0.149. The van der Waals surface area contributed by atoms with Crippen molar-refractivity contribution in [1.82, 2.24) is 5.48 Å². The van der Waals surface area contributed by atoms with E-state index >= 15 is 0 Å². The number of aliphatic carboxylic acids is 1. The van der Waals surface area contributed by atoms with Crippen molar-refractivity contribution >= 4 is 11.9 Å². The fourth-order valence-electron chi connectivity index (χ4n) is 2.02. The average molecular weight is 259 g/mol. The number of carboxylic acid groups (broad SMARTS) is 1. The zero-order valence-corrected chi connectivity index (χ0v) is 11.3. The van der Waals surface area contributed by atoms with Crippen LogP contribution in [0, 0.1) is 11.8 Å². The van der Waals surface area contributed by atoms with Gasteiger partial charge in [0.1, 0.15) is 0 Å². The SMILES string of the molecule is CCCCCCCCC(C(=O)O)[C@@H](C)C(=O)NO. The van der Waals surface area contributed by atoms with Crippen LogP contribution in [0.3, 0.4) is 0 Å². The Morgan fingerprint density at radius 2 is 1.67 bits per heavy atom. The number of unbranched alkanes of at least 4 members (excludes halogenated alkanes) is 5. The number of carboxylic acids is 1. The summed E-state index contributed by atoms with van der Waals surface area (Å²) in [7, 11) is 0. The highest BCUT2D eigenvalue weighted by Gasteiger charge is 2.29. The molecule has 3 N–H and O–H groups in total. The number of hydroxylamine groups is 1. The van der Waals surface area contributed by atoms with Crippen LogP contribution in [-0.4, -0.2) is 22.2 Å². The summed E-state index contributed by atoms with van der Waals surface area (Å²) in [5.41, 5.74) is 1.52. The van der Waals surface area contributed by atoms with Gasteiger partial charge < -0.3 is 5.11 Å². The summed E-state index contributed by atoms with van der Waals surface area (Å²) >= 11 is 0. The summed E-state index contributed by atoms with van der Waals surface area (Å²) in [5, 5.41) is 17.6. The molecule has 1 unspecified atom stereocenters. The lowest BCUT2D eigenvalue weighted by atomic mass is 9.88. The van der Waals surface area contributed by atoms with Crippen LogP contribution in [0.1, 0.15) is 58.8 Å². The first-order chi connectivity index (χ1) is 8.54. The van der Waals surface area contributed by atoms with Crippen molar-refractivity contribution in [2.24, 2.45) is 11.8 Å². The summed E-state index contributed by atoms with van der Waals surface area (Å²) in [6, 6.07) is 0. The van der Waals surface area contributed by atoms with Gasteiger partial charge in [0.15, 0.2) is 0 Å². The van der Waals surface area contributed by atoms with E-state index in [0.29, 0.717) is 6.42 Å². The third-order valence-electron chi connectivity index (χ3n) is 3.31. The highest BCUT2D eigenvalue weighted by Crippen LogP contribution is 2.20. The lowest BCUT2D eigenvalue weighted by Crippen LogP contribution is -2.34. The zero-order chi connectivity index (χ0) is 14.0. The summed E-state index contributed by atoms with van der Waals surface area (Å²) < 4.78 is 0. The highest BCUT2D eigenvalue weighted by molar-refractivity contribution is 5.83. The molecule has 0 heterocycles. The fourth-order valence-corrected chi connectivity index (χ4v) is 2.02. The fraction of sp³-hybridized carbons (Fsp3) is 0.846. The Balaban J connectivity index is 3.98. The molecule has 0 aromatic heterocycles. The van der Waals surface area contributed by atoms with Gasteiger partial charge in [-0.3, -0.25) is 14.8 Å². The maximum Gasteiger partial charge on any atom is 0.307 e. The smallest absolute Gasteiger partial charge is 0.307 e. The van der Waals surface area contributed by atoms with Crippen LogP contribution >= 0.6 is 0 Å². The average Bonchev–Trinajstić information content (AvgIpc) is 2.35. The molecule has 106 valence electrons. The van der Waals surface area contributed by atoms with Gasteiger partial charge in [0.25, 0.3) is 0 Å². The van der Waals surface area contributed by atoms with Crippen molar-refractivity contribution < 1.29 is 19.9 Å². The Bertz CT molecular complexity index is 255. The summed E-state index contributed by atoms with van der Waals surface area (Å²) in [4.78, 5) is 22.3. The van der Waals surface area contributed by atoms with Crippen LogP contribution in [0.2, 0.25) is 0 Å². The van der Waals surface area contributed by atoms with E-state index in [0.717, 1.165) is 19.3 Å². The minimum Gasteiger partial charge on any atom is -0.481 e. The van der Waals surface area contributed by atoms with Crippen LogP contribution in [0.5, 0.6) is 0 Å². The van der Waals surface area contributed by atoms with Gasteiger partial charge in [0, 0.05) is 0 Å². The lowest BCUT2D eigenvalue weighted by Gasteiger charge is -2.18. The van der Waals surface area contributed by atoms with Gasteiger partial charge in [-0.15, -0.1) is 0 Å². The predicted molar refractivity (Wildman–Crippen MR) is 68.2 cm³/mol. The number of hydrogen-bond acceptors (Lipinski definition) is 3. The van der Waals surface area contributed by atoms with Crippen molar-refractivity contribution in [2.45, 2.75) is 58.8 Å². The molecule has 0 saturated heterocycles. The number of nitrogens with one attached hydrogen (secondary N) is 1. The second-order valence-electron chi connectivity index (χ2n) is 4.77. The zero-order valence-electron chi connectivity index (χ0n) is 11.3. The van der Waals surface area contributed by atoms with E-state index in [9.17, 15) is 9.59 Å². The first-order valence-electron chi connectivity index (χ1n) is 6.71. The number of carbonyl (C=O) groups excluding carboxylic acids is 1. The molecule has 1 amide bonds. The monoisotopic (exact) mass is 259 g/mol. The third kappa shape index (κ3) is 6.59. The molecule has 0 aromatic rings. The summed E-state index contributed by atoms with van der Waals surface area (Å²) in [5.74, 6) is -3.03. The molecule has 0 aliphatic carbocycles. The largest absolute Gasteiger partial charge is 0.481 e. The second-order valence-corrected chi connectivity index (χ2v) is 4.77. The van der Waals surface area contributed by atoms with E-state index in [1.54, 1.807) is 0 Å². The summed E-state index contributed by atoms with van der Waals surface area (Å²) in [6.07, 6.45) is 6.98. The Morgan fingerprint density at radius 1 is 1.11 bits per heavy atom. The van der Waals surface area contributed by atoms with Crippen molar-refractivity contribution in [3.8, 4) is 0 Å². The molecule has 0 saturated carbocycles. The molecule has 0 aromatic carbocycles. The van der Waals surface area contributed by atoms with Crippen LogP contribution < -0.4 is 5.48 Å². The maximum atomic E-state index is 11.2. The second kappa shape index (κ2) is 9.88. The minimum atomic E-state index is -0.973. The van der Waals surface area contributed by atoms with E-state index in [1.807, 2.05) is 0 Å². The molecule has 0 fully saturated rings. The van der Waals surface area contributed by atoms with Crippen molar-refractivity contribution in [3.05, 3.63) is 0 Å². The molecule has 0 rings (SSSR count). The van der Waals surface area contributed by atoms with Crippen LogP contribution in [-0.2, 0) is 9.59 Å². The number of hydrogen-bond donors (Lipinski definition) is 3. The van der Waals surface area contributed by atoms with Gasteiger partial charge in [0.2, 0.25) is 5.91 Å². The maximum absolute atomic E-state index is 11.2. The van der Waals surface area contributed by atoms with Gasteiger partial charge in [-0.25, -0.2) is 5.48 Å². The molecule has 18 heavy (non-hydrogen) atoms. The van der Waals surface area contributed by atoms with Gasteiger partial charge in [-0.05, 0) is 6.42 Å². The van der Waals surface area contributed by atoms with Gasteiger partial charge in [0.05, 0.1) is 11.8 Å². The number of amides is 1. The molecule has 2 atom stereocenters. The Labute approximate surface area is 109 Å². The van der Waals surface area contributed by atoms with E-state index in [1.165, 1.54) is 31.7 Å². The van der Waals surface area contributed by atoms with Crippen LogP contribution in [0.4, 0.5) is 0 Å². The van der Waals surface area contributed by atoms with Crippen LogP contribution in [0.15, 0.2) is 0 Å². The molecular weight excluding hydrogens is 234 g/mol. The summed E-state index contributed by atoms with van der Waals surface area (Å²) in [6.45, 7) is 3.68. The normalized spacial score (nSPS) is 13.9. The number of rotatable bonds is 10. The molecule has 5 heteroatoms. The standard InChI is InChI=1S/C13H25NO4/c1-3-4-5-6-7-8-9-11(13(16)17)10(2)12(15)14-18/h10-11,18H,3-9H2,1-2H3,(H,14,15)(H,16,17)/t10-,11?/m1/s1. The predicted octanol–water partition coefficient (Wildman–Crippen LogP) is 2.58. The quantitative estimate of drug-likeness (QED) is 0.320. The number of carbonyl (C=O) groups is 2. The van der Waals surface area contributed by atoms with E-state index in [-0.39, 0.29) is 0 Å². The molecule has 0 aliphatic rings. The Morgan fingerprint density at radius 3 is 2.17 bits per heavy atom. The van der Waals surface area contributed by atoms with E-state index in [4.69, 9.17) is 10.3 Å². The Kier molecular flexibility index (Phi) is 9.28. The molecule has 0 radical (unpaired) electrons. The molecule has 0 bridgehead atoms. The highest BCUT2D eigenvalue weighted by atomic mass is 16.5. The van der Waals surface area contributed by atoms with Gasteiger partial charge >= 0.3 is 5.97 Å². The molecule has 0 spiro atoms. The van der Waals surface area contributed by atoms with Crippen molar-refractivity contribution in [2.75, 3.05) is 0 Å².